The van der Waals surface area contributed by atoms with Crippen molar-refractivity contribution in [3.8, 4) is 11.5 Å². The van der Waals surface area contributed by atoms with Gasteiger partial charge in [0.25, 0.3) is 0 Å². The monoisotopic (exact) mass is 339 g/mol. The highest BCUT2D eigenvalue weighted by Gasteiger charge is 2.14. The van der Waals surface area contributed by atoms with Gasteiger partial charge in [-0.3, -0.25) is 0 Å². The minimum atomic E-state index is 0.434. The molecule has 2 aromatic rings. The summed E-state index contributed by atoms with van der Waals surface area (Å²) in [7, 11) is 0. The van der Waals surface area contributed by atoms with Crippen LogP contribution in [0.1, 0.15) is 25.2 Å². The summed E-state index contributed by atoms with van der Waals surface area (Å²) in [5.41, 5.74) is 2.61. The van der Waals surface area contributed by atoms with Gasteiger partial charge < -0.3 is 0 Å². The Morgan fingerprint density at radius 2 is 1.95 bits per heavy atom. The van der Waals surface area contributed by atoms with Gasteiger partial charge in [0.15, 0.2) is 5.82 Å². The summed E-state index contributed by atoms with van der Waals surface area (Å²) in [6.45, 7) is 6.24. The number of rotatable bonds is 3. The van der Waals surface area contributed by atoms with Crippen LogP contribution in [0.4, 0.5) is 0 Å². The fourth-order valence-electron chi connectivity index (χ4n) is 1.77. The molecule has 100 valence electrons. The normalized spacial score (nSPS) is 11.1. The first kappa shape index (κ1) is 14.4. The molecule has 5 heteroatoms. The molecular formula is C14H15BrClN3. The number of nitrogens with zero attached hydrogens (tertiary/aromatic N) is 3. The van der Waals surface area contributed by atoms with E-state index in [0.717, 1.165) is 28.0 Å². The predicted molar refractivity (Wildman–Crippen MR) is 81.3 cm³/mol. The summed E-state index contributed by atoms with van der Waals surface area (Å²) in [6, 6.07) is 5.78. The van der Waals surface area contributed by atoms with Crippen LogP contribution in [0.3, 0.4) is 0 Å². The molecule has 0 saturated heterocycles. The van der Waals surface area contributed by atoms with Crippen molar-refractivity contribution in [2.24, 2.45) is 5.92 Å². The quantitative estimate of drug-likeness (QED) is 0.774. The molecule has 0 spiro atoms. The molecule has 0 aromatic carbocycles. The second kappa shape index (κ2) is 5.97. The van der Waals surface area contributed by atoms with Crippen LogP contribution in [0.25, 0.3) is 11.5 Å². The Labute approximate surface area is 126 Å². The van der Waals surface area contributed by atoms with Crippen LogP contribution in [-0.4, -0.2) is 15.0 Å². The van der Waals surface area contributed by atoms with Gasteiger partial charge in [-0.1, -0.05) is 31.5 Å². The summed E-state index contributed by atoms with van der Waals surface area (Å²) in [5, 5.41) is 0.434. The summed E-state index contributed by atoms with van der Waals surface area (Å²) in [5.74, 6) is 1.08. The predicted octanol–water partition coefficient (Wildman–Crippen LogP) is 4.46. The molecule has 0 bridgehead atoms. The first-order chi connectivity index (χ1) is 8.97. The first-order valence-electron chi connectivity index (χ1n) is 6.13. The van der Waals surface area contributed by atoms with Crippen LogP contribution >= 0.6 is 27.5 Å². The maximum absolute atomic E-state index is 6.17. The molecule has 0 aliphatic rings. The Balaban J connectivity index is 2.50. The average molecular weight is 341 g/mol. The number of halogens is 2. The van der Waals surface area contributed by atoms with E-state index in [-0.39, 0.29) is 0 Å². The van der Waals surface area contributed by atoms with Crippen molar-refractivity contribution in [3.63, 3.8) is 0 Å². The van der Waals surface area contributed by atoms with Crippen LogP contribution in [0, 0.1) is 12.8 Å². The molecule has 0 unspecified atom stereocenters. The van der Waals surface area contributed by atoms with Gasteiger partial charge >= 0.3 is 0 Å². The zero-order chi connectivity index (χ0) is 14.0. The van der Waals surface area contributed by atoms with Gasteiger partial charge in [-0.25, -0.2) is 15.0 Å². The van der Waals surface area contributed by atoms with E-state index in [9.17, 15) is 0 Å². The maximum Gasteiger partial charge on any atom is 0.179 e. The van der Waals surface area contributed by atoms with Gasteiger partial charge in [0.1, 0.15) is 10.8 Å². The minimum Gasteiger partial charge on any atom is -0.250 e. The number of pyridine rings is 1. The molecule has 0 atom stereocenters. The van der Waals surface area contributed by atoms with Crippen molar-refractivity contribution in [1.82, 2.24) is 15.0 Å². The van der Waals surface area contributed by atoms with E-state index in [1.54, 1.807) is 0 Å². The summed E-state index contributed by atoms with van der Waals surface area (Å²) >= 11 is 9.62. The Kier molecular flexibility index (Phi) is 4.53. The highest BCUT2D eigenvalue weighted by Crippen LogP contribution is 2.27. The molecule has 0 saturated carbocycles. The maximum atomic E-state index is 6.17. The molecule has 0 amide bonds. The average Bonchev–Trinajstić information content (AvgIpc) is 2.34. The summed E-state index contributed by atoms with van der Waals surface area (Å²) in [6.07, 6.45) is 0.849. The van der Waals surface area contributed by atoms with Crippen LogP contribution in [0.15, 0.2) is 22.7 Å². The van der Waals surface area contributed by atoms with E-state index in [1.165, 1.54) is 0 Å². The standard InChI is InChI=1S/C14H15BrClN3/c1-8(2)7-11-12(15)13(16)19-14(18-11)10-6-4-5-9(3)17-10/h4-6,8H,7H2,1-3H3. The first-order valence-corrected chi connectivity index (χ1v) is 7.30. The molecule has 0 aliphatic heterocycles. The lowest BCUT2D eigenvalue weighted by atomic mass is 10.1. The lowest BCUT2D eigenvalue weighted by molar-refractivity contribution is 0.632. The van der Waals surface area contributed by atoms with E-state index < -0.39 is 0 Å². The second-order valence-electron chi connectivity index (χ2n) is 4.86. The zero-order valence-electron chi connectivity index (χ0n) is 11.1. The number of hydrogen-bond donors (Lipinski definition) is 0. The Bertz CT molecular complexity index is 599. The Morgan fingerprint density at radius 3 is 2.58 bits per heavy atom. The van der Waals surface area contributed by atoms with Crippen LogP contribution in [0.5, 0.6) is 0 Å². The highest BCUT2D eigenvalue weighted by atomic mass is 79.9. The van der Waals surface area contributed by atoms with Gasteiger partial charge in [-0.2, -0.15) is 0 Å². The summed E-state index contributed by atoms with van der Waals surface area (Å²) in [4.78, 5) is 13.3. The van der Waals surface area contributed by atoms with E-state index in [0.29, 0.717) is 16.9 Å². The molecular weight excluding hydrogens is 326 g/mol. The third-order valence-electron chi connectivity index (χ3n) is 2.60. The fourth-order valence-corrected chi connectivity index (χ4v) is 2.30. The van der Waals surface area contributed by atoms with Crippen molar-refractivity contribution in [2.45, 2.75) is 27.2 Å². The van der Waals surface area contributed by atoms with Crippen LogP contribution < -0.4 is 0 Å². The second-order valence-corrected chi connectivity index (χ2v) is 6.01. The van der Waals surface area contributed by atoms with Crippen molar-refractivity contribution in [2.75, 3.05) is 0 Å². The minimum absolute atomic E-state index is 0.434. The molecule has 0 fully saturated rings. The van der Waals surface area contributed by atoms with Crippen molar-refractivity contribution in [3.05, 3.63) is 39.2 Å². The third-order valence-corrected chi connectivity index (χ3v) is 3.93. The van der Waals surface area contributed by atoms with Crippen LogP contribution in [-0.2, 0) is 6.42 Å². The fraction of sp³-hybridized carbons (Fsp3) is 0.357. The molecule has 2 rings (SSSR count). The smallest absolute Gasteiger partial charge is 0.179 e. The van der Waals surface area contributed by atoms with E-state index in [4.69, 9.17) is 11.6 Å². The lowest BCUT2D eigenvalue weighted by Gasteiger charge is -2.10. The molecule has 2 aromatic heterocycles. The van der Waals surface area contributed by atoms with E-state index >= 15 is 0 Å². The molecule has 0 N–H and O–H groups in total. The van der Waals surface area contributed by atoms with Gasteiger partial charge in [0.05, 0.1) is 10.2 Å². The molecule has 0 aliphatic carbocycles. The van der Waals surface area contributed by atoms with Gasteiger partial charge in [0, 0.05) is 5.69 Å². The van der Waals surface area contributed by atoms with Gasteiger partial charge in [-0.05, 0) is 47.3 Å². The Morgan fingerprint density at radius 1 is 1.21 bits per heavy atom. The number of hydrogen-bond acceptors (Lipinski definition) is 3. The molecule has 19 heavy (non-hydrogen) atoms. The number of aromatic nitrogens is 3. The number of aryl methyl sites for hydroxylation is 1. The molecule has 0 radical (unpaired) electrons. The van der Waals surface area contributed by atoms with Crippen molar-refractivity contribution < 1.29 is 0 Å². The third kappa shape index (κ3) is 3.51. The molecule has 2 heterocycles. The Hall–Kier alpha value is -1.000. The molecule has 3 nitrogen and oxygen atoms in total. The van der Waals surface area contributed by atoms with Crippen molar-refractivity contribution >= 4 is 27.5 Å². The largest absolute Gasteiger partial charge is 0.250 e. The zero-order valence-corrected chi connectivity index (χ0v) is 13.5. The van der Waals surface area contributed by atoms with Crippen molar-refractivity contribution in [1.29, 1.82) is 0 Å². The van der Waals surface area contributed by atoms with Gasteiger partial charge in [-0.15, -0.1) is 0 Å². The topological polar surface area (TPSA) is 38.7 Å². The van der Waals surface area contributed by atoms with E-state index in [1.807, 2.05) is 25.1 Å². The lowest BCUT2D eigenvalue weighted by Crippen LogP contribution is -2.03. The van der Waals surface area contributed by atoms with E-state index in [2.05, 4.69) is 44.7 Å². The highest BCUT2D eigenvalue weighted by molar-refractivity contribution is 9.10. The van der Waals surface area contributed by atoms with Gasteiger partial charge in [0.2, 0.25) is 0 Å². The SMILES string of the molecule is Cc1cccc(-c2nc(Cl)c(Br)c(CC(C)C)n2)n1. The summed E-state index contributed by atoms with van der Waals surface area (Å²) < 4.78 is 0.777. The van der Waals surface area contributed by atoms with Crippen LogP contribution in [0.2, 0.25) is 5.15 Å².